The molecule has 0 unspecified atom stereocenters. The van der Waals surface area contributed by atoms with Crippen molar-refractivity contribution >= 4 is 23.6 Å². The highest BCUT2D eigenvalue weighted by atomic mass is 16.5. The molecule has 4 amide bonds. The van der Waals surface area contributed by atoms with Gasteiger partial charge in [0.15, 0.2) is 11.6 Å². The Morgan fingerprint density at radius 1 is 0.904 bits per heavy atom. The fourth-order valence-corrected chi connectivity index (χ4v) is 5.81. The SMILES string of the molecule is CC(C)[C@H]1NC(=O)[C@@H](NC(=O)c2cnoc2-c2ccccc2)Cc2ccc(cc2)OCCNC(=O)Cn2nc(-c3ccccc3)nc2[C@H](C)NC1=O. The third kappa shape index (κ3) is 8.52. The van der Waals surface area contributed by atoms with Gasteiger partial charge in [0.05, 0.1) is 18.8 Å². The fourth-order valence-electron chi connectivity index (χ4n) is 5.81. The highest BCUT2D eigenvalue weighted by Crippen LogP contribution is 2.24. The van der Waals surface area contributed by atoms with Crippen LogP contribution < -0.4 is 26.0 Å². The third-order valence-corrected chi connectivity index (χ3v) is 8.55. The van der Waals surface area contributed by atoms with Crippen molar-refractivity contribution < 1.29 is 28.4 Å². The van der Waals surface area contributed by atoms with Gasteiger partial charge in [-0.3, -0.25) is 19.2 Å². The number of hydrogen-bond acceptors (Lipinski definition) is 9. The number of fused-ring (bicyclic) bond motifs is 14. The van der Waals surface area contributed by atoms with Crippen LogP contribution in [0.25, 0.3) is 22.7 Å². The molecule has 2 aromatic heterocycles. The van der Waals surface area contributed by atoms with Gasteiger partial charge in [-0.25, -0.2) is 9.67 Å². The minimum Gasteiger partial charge on any atom is -0.492 e. The minimum atomic E-state index is -1.08. The van der Waals surface area contributed by atoms with Crippen molar-refractivity contribution in [3.8, 4) is 28.5 Å². The van der Waals surface area contributed by atoms with E-state index >= 15 is 0 Å². The Morgan fingerprint density at radius 2 is 1.60 bits per heavy atom. The number of carbonyl (C=O) groups is 4. The maximum Gasteiger partial charge on any atom is 0.257 e. The lowest BCUT2D eigenvalue weighted by molar-refractivity contribution is -0.131. The zero-order valence-corrected chi connectivity index (χ0v) is 29.0. The molecule has 0 saturated heterocycles. The monoisotopic (exact) mass is 704 g/mol. The molecule has 0 spiro atoms. The second kappa shape index (κ2) is 16.1. The summed E-state index contributed by atoms with van der Waals surface area (Å²) in [6.07, 6.45) is 1.41. The molecule has 4 heterocycles. The number of benzene rings is 3. The molecule has 0 saturated carbocycles. The first-order chi connectivity index (χ1) is 25.2. The van der Waals surface area contributed by atoms with Crippen molar-refractivity contribution in [3.05, 3.63) is 108 Å². The Hall–Kier alpha value is -6.31. The van der Waals surface area contributed by atoms with Crippen LogP contribution in [0, 0.1) is 5.92 Å². The number of ether oxygens (including phenoxy) is 1. The number of carbonyl (C=O) groups excluding carboxylic acids is 4. The van der Waals surface area contributed by atoms with Crippen LogP contribution in [0.15, 0.2) is 95.6 Å². The molecule has 2 aliphatic rings. The maximum absolute atomic E-state index is 14.1. The summed E-state index contributed by atoms with van der Waals surface area (Å²) in [6.45, 7) is 5.65. The Balaban J connectivity index is 1.30. The van der Waals surface area contributed by atoms with Gasteiger partial charge >= 0.3 is 0 Å². The summed E-state index contributed by atoms with van der Waals surface area (Å²) in [6, 6.07) is 22.7. The molecule has 2 aliphatic heterocycles. The molecule has 14 heteroatoms. The van der Waals surface area contributed by atoms with Gasteiger partial charge in [0.1, 0.15) is 42.4 Å². The molecule has 4 N–H and O–H groups in total. The van der Waals surface area contributed by atoms with Gasteiger partial charge in [0.25, 0.3) is 5.91 Å². The minimum absolute atomic E-state index is 0.105. The summed E-state index contributed by atoms with van der Waals surface area (Å²) in [5.41, 5.74) is 2.29. The van der Waals surface area contributed by atoms with E-state index in [0.29, 0.717) is 23.0 Å². The number of amides is 4. The Labute approximate surface area is 300 Å². The average Bonchev–Trinajstić information content (AvgIpc) is 3.81. The summed E-state index contributed by atoms with van der Waals surface area (Å²) in [7, 11) is 0. The molecule has 7 rings (SSSR count). The van der Waals surface area contributed by atoms with Crippen LogP contribution in [0.1, 0.15) is 48.6 Å². The molecule has 0 radical (unpaired) electrons. The average molecular weight is 705 g/mol. The molecule has 0 aliphatic carbocycles. The molecular weight excluding hydrogens is 664 g/mol. The molecule has 3 aromatic carbocycles. The number of rotatable bonds is 5. The molecule has 0 fully saturated rings. The van der Waals surface area contributed by atoms with Gasteiger partial charge in [-0.1, -0.05) is 91.8 Å². The van der Waals surface area contributed by atoms with Crippen LogP contribution in [0.5, 0.6) is 5.75 Å². The van der Waals surface area contributed by atoms with Crippen molar-refractivity contribution in [2.24, 2.45) is 5.92 Å². The molecular formula is C38H40N8O6. The van der Waals surface area contributed by atoms with Gasteiger partial charge < -0.3 is 30.5 Å². The maximum atomic E-state index is 14.1. The van der Waals surface area contributed by atoms with E-state index < -0.39 is 35.8 Å². The normalized spacial score (nSPS) is 18.8. The van der Waals surface area contributed by atoms with E-state index in [1.54, 1.807) is 43.3 Å². The zero-order chi connectivity index (χ0) is 36.6. The largest absolute Gasteiger partial charge is 0.492 e. The van der Waals surface area contributed by atoms with Gasteiger partial charge in [-0.2, -0.15) is 5.10 Å². The lowest BCUT2D eigenvalue weighted by Crippen LogP contribution is -2.56. The van der Waals surface area contributed by atoms with E-state index in [-0.39, 0.29) is 49.3 Å². The lowest BCUT2D eigenvalue weighted by Gasteiger charge is -2.26. The molecule has 52 heavy (non-hydrogen) atoms. The van der Waals surface area contributed by atoms with Crippen LogP contribution >= 0.6 is 0 Å². The molecule has 268 valence electrons. The van der Waals surface area contributed by atoms with E-state index in [2.05, 4.69) is 31.5 Å². The number of aromatic nitrogens is 4. The van der Waals surface area contributed by atoms with Crippen LogP contribution in [-0.2, 0) is 27.3 Å². The van der Waals surface area contributed by atoms with Crippen molar-refractivity contribution in [1.29, 1.82) is 0 Å². The Bertz CT molecular complexity index is 2010. The fraction of sp³-hybridized carbons (Fsp3) is 0.289. The third-order valence-electron chi connectivity index (χ3n) is 8.55. The van der Waals surface area contributed by atoms with Gasteiger partial charge in [0, 0.05) is 17.5 Å². The first kappa shape index (κ1) is 35.5. The second-order valence-corrected chi connectivity index (χ2v) is 12.8. The highest BCUT2D eigenvalue weighted by molar-refractivity contribution is 6.02. The number of nitrogens with zero attached hydrogens (tertiary/aromatic N) is 4. The predicted molar refractivity (Wildman–Crippen MR) is 191 cm³/mol. The first-order valence-electron chi connectivity index (χ1n) is 17.1. The van der Waals surface area contributed by atoms with Crippen LogP contribution in [0.4, 0.5) is 0 Å². The van der Waals surface area contributed by atoms with Crippen molar-refractivity contribution in [1.82, 2.24) is 41.2 Å². The van der Waals surface area contributed by atoms with Gasteiger partial charge in [-0.05, 0) is 30.5 Å². The standard InChI is InChI=1S/C38H40N8O6/c1-23(2)32-38(50)41-24(3)35-44-34(27-12-8-5-9-13-27)45-46(35)22-31(47)39-18-19-51-28-16-14-25(15-17-28)20-30(37(49)43-32)42-36(48)29-21-40-52-33(29)26-10-6-4-7-11-26/h4-17,21,23-24,30,32H,18-20,22H2,1-3H3,(H,39,47)(H,41,50)(H,42,48)(H,43,49)/t24-,30-,32+/m0/s1. The van der Waals surface area contributed by atoms with Crippen LogP contribution in [-0.4, -0.2) is 68.8 Å². The van der Waals surface area contributed by atoms with Crippen LogP contribution in [0.3, 0.4) is 0 Å². The molecule has 3 atom stereocenters. The summed E-state index contributed by atoms with van der Waals surface area (Å²) >= 11 is 0. The zero-order valence-electron chi connectivity index (χ0n) is 29.0. The topological polar surface area (TPSA) is 182 Å². The summed E-state index contributed by atoms with van der Waals surface area (Å²) < 4.78 is 12.7. The van der Waals surface area contributed by atoms with E-state index in [1.807, 2.05) is 62.4 Å². The number of hydrogen-bond donors (Lipinski definition) is 4. The lowest BCUT2D eigenvalue weighted by atomic mass is 10.00. The number of nitrogens with one attached hydrogen (secondary N) is 4. The predicted octanol–water partition coefficient (Wildman–Crippen LogP) is 3.47. The van der Waals surface area contributed by atoms with Crippen molar-refractivity contribution in [2.75, 3.05) is 13.2 Å². The van der Waals surface area contributed by atoms with E-state index in [9.17, 15) is 19.2 Å². The molecule has 14 nitrogen and oxygen atoms in total. The quantitative estimate of drug-likeness (QED) is 0.213. The van der Waals surface area contributed by atoms with Crippen LogP contribution in [0.2, 0.25) is 0 Å². The summed E-state index contributed by atoms with van der Waals surface area (Å²) in [4.78, 5) is 59.3. The van der Waals surface area contributed by atoms with E-state index in [1.165, 1.54) is 10.9 Å². The second-order valence-electron chi connectivity index (χ2n) is 12.8. The summed E-state index contributed by atoms with van der Waals surface area (Å²) in [5.74, 6) is -0.668. The Morgan fingerprint density at radius 3 is 2.29 bits per heavy atom. The first-order valence-corrected chi connectivity index (χ1v) is 17.1. The van der Waals surface area contributed by atoms with E-state index in [4.69, 9.17) is 14.2 Å². The van der Waals surface area contributed by atoms with Crippen molar-refractivity contribution in [2.45, 2.75) is 51.9 Å². The Kier molecular flexibility index (Phi) is 11.0. The molecule has 2 bridgehead atoms. The van der Waals surface area contributed by atoms with Gasteiger partial charge in [-0.15, -0.1) is 0 Å². The molecule has 5 aromatic rings. The van der Waals surface area contributed by atoms with E-state index in [0.717, 1.165) is 11.1 Å². The highest BCUT2D eigenvalue weighted by Gasteiger charge is 2.32. The smallest absolute Gasteiger partial charge is 0.257 e. The van der Waals surface area contributed by atoms with Crippen molar-refractivity contribution in [3.63, 3.8) is 0 Å². The van der Waals surface area contributed by atoms with Gasteiger partial charge in [0.2, 0.25) is 17.7 Å². The summed E-state index contributed by atoms with van der Waals surface area (Å²) in [5, 5.41) is 20.0.